The van der Waals surface area contributed by atoms with Gasteiger partial charge in [-0.25, -0.2) is 0 Å². The summed E-state index contributed by atoms with van der Waals surface area (Å²) in [6.45, 7) is 6.17. The Morgan fingerprint density at radius 3 is 2.81 bits per heavy atom. The predicted molar refractivity (Wildman–Crippen MR) is 73.2 cm³/mol. The summed E-state index contributed by atoms with van der Waals surface area (Å²) >= 11 is 1.97. The fourth-order valence-electron chi connectivity index (χ4n) is 3.22. The summed E-state index contributed by atoms with van der Waals surface area (Å²) in [5, 5.41) is 3.85. The van der Waals surface area contributed by atoms with Gasteiger partial charge in [-0.15, -0.1) is 0 Å². The Morgan fingerprint density at radius 2 is 2.12 bits per heavy atom. The molecule has 1 unspecified atom stereocenters. The van der Waals surface area contributed by atoms with E-state index in [1.54, 1.807) is 0 Å². The molecule has 2 nitrogen and oxygen atoms in total. The van der Waals surface area contributed by atoms with E-state index in [4.69, 9.17) is 0 Å². The van der Waals surface area contributed by atoms with Gasteiger partial charge >= 0.3 is 0 Å². The van der Waals surface area contributed by atoms with Crippen LogP contribution in [0.25, 0.3) is 0 Å². The highest BCUT2D eigenvalue weighted by Gasteiger charge is 2.37. The summed E-state index contributed by atoms with van der Waals surface area (Å²) in [7, 11) is 0. The third-order valence-corrected chi connectivity index (χ3v) is 4.93. The van der Waals surface area contributed by atoms with Crippen molar-refractivity contribution in [3.8, 4) is 0 Å². The Balaban J connectivity index is 1.97. The average Bonchev–Trinajstić information content (AvgIpc) is 2.66. The molecular formula is C13H26N2S. The monoisotopic (exact) mass is 242 g/mol. The average molecular weight is 242 g/mol. The zero-order chi connectivity index (χ0) is 11.4. The van der Waals surface area contributed by atoms with Crippen LogP contribution in [-0.4, -0.2) is 48.1 Å². The Kier molecular flexibility index (Phi) is 4.57. The highest BCUT2D eigenvalue weighted by atomic mass is 32.2. The summed E-state index contributed by atoms with van der Waals surface area (Å²) in [4.78, 5) is 2.72. The molecule has 94 valence electrons. The normalized spacial score (nSPS) is 30.8. The maximum atomic E-state index is 3.85. The van der Waals surface area contributed by atoms with Crippen LogP contribution >= 0.6 is 11.8 Å². The van der Waals surface area contributed by atoms with Crippen molar-refractivity contribution in [2.45, 2.75) is 50.6 Å². The molecule has 0 bridgehead atoms. The second kappa shape index (κ2) is 5.74. The van der Waals surface area contributed by atoms with Crippen LogP contribution < -0.4 is 5.32 Å². The second-order valence-corrected chi connectivity index (χ2v) is 6.50. The molecule has 2 rings (SSSR count). The van der Waals surface area contributed by atoms with Gasteiger partial charge < -0.3 is 5.32 Å². The second-order valence-electron chi connectivity index (χ2n) is 5.52. The first kappa shape index (κ1) is 12.7. The lowest BCUT2D eigenvalue weighted by Gasteiger charge is -2.35. The third-order valence-electron chi connectivity index (χ3n) is 4.33. The molecule has 0 aromatic carbocycles. The molecule has 1 aliphatic carbocycles. The molecule has 1 N–H and O–H groups in total. The standard InChI is InChI=1S/C13H26N2S/c1-12-5-8-14-13(6-3-4-7-13)11-15(12)9-10-16-2/h12,14H,3-11H2,1-2H3. The number of thioether (sulfide) groups is 1. The lowest BCUT2D eigenvalue weighted by atomic mass is 9.97. The fourth-order valence-corrected chi connectivity index (χ4v) is 3.64. The summed E-state index contributed by atoms with van der Waals surface area (Å²) < 4.78 is 0. The van der Waals surface area contributed by atoms with Crippen LogP contribution in [0, 0.1) is 0 Å². The van der Waals surface area contributed by atoms with Gasteiger partial charge in [0.05, 0.1) is 0 Å². The zero-order valence-electron chi connectivity index (χ0n) is 10.8. The van der Waals surface area contributed by atoms with Crippen molar-refractivity contribution in [1.29, 1.82) is 0 Å². The number of nitrogens with zero attached hydrogens (tertiary/aromatic N) is 1. The number of hydrogen-bond acceptors (Lipinski definition) is 3. The summed E-state index contributed by atoms with van der Waals surface area (Å²) in [5.41, 5.74) is 0.475. The maximum Gasteiger partial charge on any atom is 0.0308 e. The van der Waals surface area contributed by atoms with Gasteiger partial charge in [0.15, 0.2) is 0 Å². The van der Waals surface area contributed by atoms with Crippen molar-refractivity contribution in [3.63, 3.8) is 0 Å². The Morgan fingerprint density at radius 1 is 1.38 bits per heavy atom. The molecule has 1 aliphatic heterocycles. The van der Waals surface area contributed by atoms with Crippen molar-refractivity contribution in [1.82, 2.24) is 10.2 Å². The van der Waals surface area contributed by atoms with E-state index in [0.29, 0.717) is 5.54 Å². The predicted octanol–water partition coefficient (Wildman–Crippen LogP) is 2.35. The number of nitrogens with one attached hydrogen (secondary N) is 1. The van der Waals surface area contributed by atoms with Gasteiger partial charge in [0, 0.05) is 30.4 Å². The molecule has 16 heavy (non-hydrogen) atoms. The van der Waals surface area contributed by atoms with Gasteiger partial charge in [-0.1, -0.05) is 12.8 Å². The van der Waals surface area contributed by atoms with Crippen molar-refractivity contribution >= 4 is 11.8 Å². The van der Waals surface area contributed by atoms with Crippen LogP contribution in [-0.2, 0) is 0 Å². The molecule has 0 aromatic rings. The molecular weight excluding hydrogens is 216 g/mol. The van der Waals surface area contributed by atoms with Crippen molar-refractivity contribution in [2.75, 3.05) is 31.6 Å². The largest absolute Gasteiger partial charge is 0.310 e. The lowest BCUT2D eigenvalue weighted by Crippen LogP contribution is -2.50. The molecule has 2 aliphatic rings. The molecule has 1 heterocycles. The van der Waals surface area contributed by atoms with E-state index in [0.717, 1.165) is 6.04 Å². The Labute approximate surface area is 105 Å². The van der Waals surface area contributed by atoms with Gasteiger partial charge in [0.1, 0.15) is 0 Å². The Hall–Kier alpha value is 0.270. The first-order valence-electron chi connectivity index (χ1n) is 6.74. The minimum atomic E-state index is 0.475. The Bertz CT molecular complexity index is 214. The first-order chi connectivity index (χ1) is 7.76. The third kappa shape index (κ3) is 2.93. The molecule has 1 atom stereocenters. The SMILES string of the molecule is CSCCN1CC2(CCCC2)NCCC1C. The highest BCUT2D eigenvalue weighted by molar-refractivity contribution is 7.98. The van der Waals surface area contributed by atoms with Gasteiger partial charge in [-0.05, 0) is 39.0 Å². The number of hydrogen-bond donors (Lipinski definition) is 1. The van der Waals surface area contributed by atoms with Gasteiger partial charge in [-0.2, -0.15) is 11.8 Å². The van der Waals surface area contributed by atoms with Crippen LogP contribution in [0.15, 0.2) is 0 Å². The van der Waals surface area contributed by atoms with E-state index in [2.05, 4.69) is 23.4 Å². The van der Waals surface area contributed by atoms with E-state index in [1.807, 2.05) is 11.8 Å². The molecule has 1 saturated heterocycles. The minimum Gasteiger partial charge on any atom is -0.310 e. The van der Waals surface area contributed by atoms with Crippen molar-refractivity contribution < 1.29 is 0 Å². The molecule has 0 aromatic heterocycles. The van der Waals surface area contributed by atoms with Crippen LogP contribution in [0.1, 0.15) is 39.0 Å². The fraction of sp³-hybridized carbons (Fsp3) is 1.00. The van der Waals surface area contributed by atoms with Crippen LogP contribution in [0.5, 0.6) is 0 Å². The van der Waals surface area contributed by atoms with E-state index in [9.17, 15) is 0 Å². The van der Waals surface area contributed by atoms with Gasteiger partial charge in [0.2, 0.25) is 0 Å². The van der Waals surface area contributed by atoms with E-state index in [1.165, 1.54) is 57.5 Å². The summed E-state index contributed by atoms with van der Waals surface area (Å²) in [6, 6.07) is 0.764. The van der Waals surface area contributed by atoms with E-state index in [-0.39, 0.29) is 0 Å². The van der Waals surface area contributed by atoms with E-state index < -0.39 is 0 Å². The molecule has 0 radical (unpaired) electrons. The minimum absolute atomic E-state index is 0.475. The lowest BCUT2D eigenvalue weighted by molar-refractivity contribution is 0.178. The van der Waals surface area contributed by atoms with Crippen LogP contribution in [0.2, 0.25) is 0 Å². The molecule has 3 heteroatoms. The molecule has 0 amide bonds. The molecule has 2 fully saturated rings. The van der Waals surface area contributed by atoms with Crippen molar-refractivity contribution in [3.05, 3.63) is 0 Å². The summed E-state index contributed by atoms with van der Waals surface area (Å²) in [5.74, 6) is 1.28. The van der Waals surface area contributed by atoms with E-state index >= 15 is 0 Å². The van der Waals surface area contributed by atoms with Crippen LogP contribution in [0.3, 0.4) is 0 Å². The quantitative estimate of drug-likeness (QED) is 0.818. The number of rotatable bonds is 3. The zero-order valence-corrected chi connectivity index (χ0v) is 11.6. The van der Waals surface area contributed by atoms with Gasteiger partial charge in [0.25, 0.3) is 0 Å². The van der Waals surface area contributed by atoms with Crippen molar-refractivity contribution in [2.24, 2.45) is 0 Å². The molecule has 1 saturated carbocycles. The molecule has 1 spiro atoms. The summed E-state index contributed by atoms with van der Waals surface area (Å²) in [6.07, 6.45) is 9.18. The smallest absolute Gasteiger partial charge is 0.0308 e. The first-order valence-corrected chi connectivity index (χ1v) is 8.13. The topological polar surface area (TPSA) is 15.3 Å². The maximum absolute atomic E-state index is 3.85. The van der Waals surface area contributed by atoms with Crippen LogP contribution in [0.4, 0.5) is 0 Å². The highest BCUT2D eigenvalue weighted by Crippen LogP contribution is 2.32. The van der Waals surface area contributed by atoms with Gasteiger partial charge in [-0.3, -0.25) is 4.90 Å².